The van der Waals surface area contributed by atoms with Crippen LogP contribution in [0.25, 0.3) is 5.57 Å². The highest BCUT2D eigenvalue weighted by Gasteiger charge is 2.25. The number of carbonyl (C=O) groups excluding carboxylic acids is 1. The van der Waals surface area contributed by atoms with Crippen molar-refractivity contribution in [3.8, 4) is 0 Å². The molecule has 0 unspecified atom stereocenters. The fraction of sp³-hybridized carbons (Fsp3) is 0.318. The fourth-order valence-electron chi connectivity index (χ4n) is 3.28. The first-order valence-corrected chi connectivity index (χ1v) is 8.98. The molecule has 0 spiro atoms. The summed E-state index contributed by atoms with van der Waals surface area (Å²) >= 11 is 0. The van der Waals surface area contributed by atoms with Gasteiger partial charge in [-0.3, -0.25) is 4.90 Å². The summed E-state index contributed by atoms with van der Waals surface area (Å²) in [7, 11) is 0. The van der Waals surface area contributed by atoms with Crippen LogP contribution in [0.1, 0.15) is 30.9 Å². The van der Waals surface area contributed by atoms with Crippen LogP contribution < -0.4 is 0 Å². The number of carbonyl (C=O) groups is 1. The molecule has 1 aliphatic rings. The molecule has 0 saturated heterocycles. The van der Waals surface area contributed by atoms with Crippen LogP contribution in [0.15, 0.2) is 66.2 Å². The Hall–Kier alpha value is -2.10. The summed E-state index contributed by atoms with van der Waals surface area (Å²) in [6.07, 6.45) is 1.98. The first-order valence-electron chi connectivity index (χ1n) is 8.98. The Morgan fingerprint density at radius 2 is 1.69 bits per heavy atom. The van der Waals surface area contributed by atoms with Gasteiger partial charge in [-0.25, -0.2) is 4.79 Å². The van der Waals surface area contributed by atoms with E-state index in [4.69, 9.17) is 4.74 Å². The summed E-state index contributed by atoms with van der Waals surface area (Å²) < 4.78 is 5.62. The van der Waals surface area contributed by atoms with E-state index in [1.165, 1.54) is 0 Å². The molecule has 0 aliphatic carbocycles. The molecule has 0 fully saturated rings. The zero-order chi connectivity index (χ0) is 17.5. The van der Waals surface area contributed by atoms with E-state index in [0.717, 1.165) is 48.2 Å². The Labute approximate surface area is 162 Å². The van der Waals surface area contributed by atoms with E-state index in [-0.39, 0.29) is 18.4 Å². The normalized spacial score (nSPS) is 14.7. The third-order valence-electron chi connectivity index (χ3n) is 4.55. The number of hydrogen-bond acceptors (Lipinski definition) is 3. The average Bonchev–Trinajstić information content (AvgIpc) is 2.68. The maximum absolute atomic E-state index is 12.8. The predicted octanol–water partition coefficient (Wildman–Crippen LogP) is 4.72. The number of ether oxygens (including phenoxy) is 1. The van der Waals surface area contributed by atoms with Gasteiger partial charge in [0, 0.05) is 13.1 Å². The number of benzene rings is 2. The Bertz CT molecular complexity index is 728. The molecule has 2 aromatic carbocycles. The smallest absolute Gasteiger partial charge is 0.335 e. The molecule has 0 atom stereocenters. The highest BCUT2D eigenvalue weighted by atomic mass is 35.5. The van der Waals surface area contributed by atoms with Gasteiger partial charge in [-0.15, -0.1) is 12.4 Å². The Morgan fingerprint density at radius 1 is 1.04 bits per heavy atom. The number of esters is 1. The second-order valence-corrected chi connectivity index (χ2v) is 6.41. The SMILES string of the molecule is CCCN1CCC(c2ccccc2)=C(C(=O)OCc2ccccc2)C1.Cl. The van der Waals surface area contributed by atoms with Gasteiger partial charge in [-0.05, 0) is 36.1 Å². The van der Waals surface area contributed by atoms with E-state index in [9.17, 15) is 4.79 Å². The lowest BCUT2D eigenvalue weighted by molar-refractivity contribution is -0.140. The second kappa shape index (κ2) is 10.1. The van der Waals surface area contributed by atoms with E-state index in [1.807, 2.05) is 48.5 Å². The highest BCUT2D eigenvalue weighted by molar-refractivity contribution is 5.98. The summed E-state index contributed by atoms with van der Waals surface area (Å²) in [6, 6.07) is 20.0. The van der Waals surface area contributed by atoms with Gasteiger partial charge in [-0.1, -0.05) is 67.6 Å². The topological polar surface area (TPSA) is 29.5 Å². The van der Waals surface area contributed by atoms with Crippen molar-refractivity contribution < 1.29 is 9.53 Å². The maximum Gasteiger partial charge on any atom is 0.335 e. The largest absolute Gasteiger partial charge is 0.457 e. The Morgan fingerprint density at radius 3 is 2.35 bits per heavy atom. The zero-order valence-electron chi connectivity index (χ0n) is 15.2. The summed E-state index contributed by atoms with van der Waals surface area (Å²) in [4.78, 5) is 15.1. The van der Waals surface area contributed by atoms with E-state index >= 15 is 0 Å². The molecule has 138 valence electrons. The van der Waals surface area contributed by atoms with Crippen molar-refractivity contribution in [1.82, 2.24) is 4.90 Å². The Balaban J connectivity index is 0.00000243. The number of nitrogens with zero attached hydrogens (tertiary/aromatic N) is 1. The first kappa shape index (κ1) is 20.2. The summed E-state index contributed by atoms with van der Waals surface area (Å²) in [5.74, 6) is -0.191. The third-order valence-corrected chi connectivity index (χ3v) is 4.55. The van der Waals surface area contributed by atoms with Crippen molar-refractivity contribution in [2.75, 3.05) is 19.6 Å². The quantitative estimate of drug-likeness (QED) is 0.688. The van der Waals surface area contributed by atoms with Crippen LogP contribution in [0.4, 0.5) is 0 Å². The fourth-order valence-corrected chi connectivity index (χ4v) is 3.28. The van der Waals surface area contributed by atoms with Gasteiger partial charge < -0.3 is 4.74 Å². The lowest BCUT2D eigenvalue weighted by Crippen LogP contribution is -2.35. The molecule has 0 amide bonds. The van der Waals surface area contributed by atoms with Crippen LogP contribution in [0.5, 0.6) is 0 Å². The molecule has 3 nitrogen and oxygen atoms in total. The monoisotopic (exact) mass is 371 g/mol. The van der Waals surface area contributed by atoms with Crippen LogP contribution in [0, 0.1) is 0 Å². The van der Waals surface area contributed by atoms with Crippen LogP contribution in [-0.2, 0) is 16.1 Å². The maximum atomic E-state index is 12.8. The van der Waals surface area contributed by atoms with Gasteiger partial charge in [0.05, 0.1) is 5.57 Å². The minimum absolute atomic E-state index is 0. The standard InChI is InChI=1S/C22H25NO2.ClH/c1-2-14-23-15-13-20(19-11-7-4-8-12-19)21(16-23)22(24)25-17-18-9-5-3-6-10-18;/h3-12H,2,13-17H2,1H3;1H. The van der Waals surface area contributed by atoms with Gasteiger partial charge >= 0.3 is 5.97 Å². The number of hydrogen-bond donors (Lipinski definition) is 0. The highest BCUT2D eigenvalue weighted by Crippen LogP contribution is 2.28. The minimum atomic E-state index is -0.191. The van der Waals surface area contributed by atoms with Crippen LogP contribution >= 0.6 is 12.4 Å². The second-order valence-electron chi connectivity index (χ2n) is 6.41. The van der Waals surface area contributed by atoms with Crippen molar-refractivity contribution in [2.45, 2.75) is 26.4 Å². The van der Waals surface area contributed by atoms with Gasteiger partial charge in [0.15, 0.2) is 0 Å². The zero-order valence-corrected chi connectivity index (χ0v) is 16.0. The molecule has 2 aromatic rings. The predicted molar refractivity (Wildman–Crippen MR) is 108 cm³/mol. The lowest BCUT2D eigenvalue weighted by Gasteiger charge is -2.30. The molecule has 0 bridgehead atoms. The molecule has 0 radical (unpaired) electrons. The molecule has 0 N–H and O–H groups in total. The van der Waals surface area contributed by atoms with E-state index in [2.05, 4.69) is 24.0 Å². The van der Waals surface area contributed by atoms with Crippen LogP contribution in [0.2, 0.25) is 0 Å². The van der Waals surface area contributed by atoms with E-state index in [1.54, 1.807) is 0 Å². The van der Waals surface area contributed by atoms with Gasteiger partial charge in [0.25, 0.3) is 0 Å². The summed E-state index contributed by atoms with van der Waals surface area (Å²) in [5.41, 5.74) is 4.08. The molecule has 0 aromatic heterocycles. The molecule has 1 heterocycles. The first-order chi connectivity index (χ1) is 12.3. The van der Waals surface area contributed by atoms with E-state index < -0.39 is 0 Å². The molecule has 3 rings (SSSR count). The molecular formula is C22H26ClNO2. The van der Waals surface area contributed by atoms with Crippen LogP contribution in [0.3, 0.4) is 0 Å². The molecular weight excluding hydrogens is 346 g/mol. The average molecular weight is 372 g/mol. The van der Waals surface area contributed by atoms with Gasteiger partial charge in [0.2, 0.25) is 0 Å². The molecule has 0 saturated carbocycles. The molecule has 26 heavy (non-hydrogen) atoms. The van der Waals surface area contributed by atoms with Crippen LogP contribution in [-0.4, -0.2) is 30.5 Å². The third kappa shape index (κ3) is 5.20. The van der Waals surface area contributed by atoms with Gasteiger partial charge in [-0.2, -0.15) is 0 Å². The number of halogens is 1. The van der Waals surface area contributed by atoms with Crippen molar-refractivity contribution in [2.24, 2.45) is 0 Å². The lowest BCUT2D eigenvalue weighted by atomic mass is 9.93. The van der Waals surface area contributed by atoms with Crippen molar-refractivity contribution in [1.29, 1.82) is 0 Å². The van der Waals surface area contributed by atoms with Crippen molar-refractivity contribution >= 4 is 23.9 Å². The van der Waals surface area contributed by atoms with Crippen molar-refractivity contribution in [3.63, 3.8) is 0 Å². The van der Waals surface area contributed by atoms with Crippen molar-refractivity contribution in [3.05, 3.63) is 77.4 Å². The number of rotatable bonds is 6. The molecule has 1 aliphatic heterocycles. The Kier molecular flexibility index (Phi) is 7.89. The molecule has 4 heteroatoms. The summed E-state index contributed by atoms with van der Waals surface area (Å²) in [6.45, 7) is 5.17. The van der Waals surface area contributed by atoms with Gasteiger partial charge in [0.1, 0.15) is 6.61 Å². The minimum Gasteiger partial charge on any atom is -0.457 e. The van der Waals surface area contributed by atoms with E-state index in [0.29, 0.717) is 13.2 Å². The summed E-state index contributed by atoms with van der Waals surface area (Å²) in [5, 5.41) is 0.